The first-order chi connectivity index (χ1) is 10.1. The van der Waals surface area contributed by atoms with E-state index in [9.17, 15) is 4.79 Å². The van der Waals surface area contributed by atoms with Gasteiger partial charge in [-0.25, -0.2) is 0 Å². The van der Waals surface area contributed by atoms with E-state index in [0.717, 1.165) is 18.7 Å². The van der Waals surface area contributed by atoms with Gasteiger partial charge in [0.25, 0.3) is 5.91 Å². The van der Waals surface area contributed by atoms with Crippen LogP contribution in [0.15, 0.2) is 36.4 Å². The lowest BCUT2D eigenvalue weighted by molar-refractivity contribution is 0.0951. The number of amides is 1. The molecule has 0 saturated heterocycles. The van der Waals surface area contributed by atoms with E-state index in [1.54, 1.807) is 18.2 Å². The molecule has 0 atom stereocenters. The molecule has 0 radical (unpaired) electrons. The lowest BCUT2D eigenvalue weighted by Crippen LogP contribution is -2.23. The van der Waals surface area contributed by atoms with Gasteiger partial charge in [0.15, 0.2) is 0 Å². The minimum Gasteiger partial charge on any atom is -0.348 e. The van der Waals surface area contributed by atoms with Crippen molar-refractivity contribution in [3.63, 3.8) is 0 Å². The highest BCUT2D eigenvalue weighted by atomic mass is 35.5. The molecule has 108 valence electrons. The first-order valence-corrected chi connectivity index (χ1v) is 7.44. The van der Waals surface area contributed by atoms with Crippen LogP contribution in [0.4, 0.5) is 0 Å². The fraction of sp³-hybridized carbons (Fsp3) is 0.188. The maximum absolute atomic E-state index is 12.2. The van der Waals surface area contributed by atoms with Crippen molar-refractivity contribution in [2.45, 2.75) is 19.6 Å². The Morgan fingerprint density at radius 2 is 1.95 bits per heavy atom. The normalized spacial score (nSPS) is 13.0. The fourth-order valence-electron chi connectivity index (χ4n) is 2.41. The Morgan fingerprint density at radius 3 is 2.81 bits per heavy atom. The Morgan fingerprint density at radius 1 is 1.14 bits per heavy atom. The van der Waals surface area contributed by atoms with Gasteiger partial charge in [-0.05, 0) is 28.8 Å². The third-order valence-electron chi connectivity index (χ3n) is 3.55. The predicted molar refractivity (Wildman–Crippen MR) is 84.6 cm³/mol. The van der Waals surface area contributed by atoms with Crippen LogP contribution in [0, 0.1) is 0 Å². The summed E-state index contributed by atoms with van der Waals surface area (Å²) < 4.78 is 0. The minimum absolute atomic E-state index is 0.221. The van der Waals surface area contributed by atoms with E-state index in [1.165, 1.54) is 11.1 Å². The van der Waals surface area contributed by atoms with Gasteiger partial charge in [-0.2, -0.15) is 0 Å². The first kappa shape index (κ1) is 14.4. The smallest absolute Gasteiger partial charge is 0.253 e. The molecule has 21 heavy (non-hydrogen) atoms. The van der Waals surface area contributed by atoms with Crippen LogP contribution in [0.5, 0.6) is 0 Å². The summed E-state index contributed by atoms with van der Waals surface area (Å²) in [5.74, 6) is -0.221. The minimum atomic E-state index is -0.221. The van der Waals surface area contributed by atoms with Crippen LogP contribution in [-0.4, -0.2) is 5.91 Å². The molecule has 2 N–H and O–H groups in total. The Balaban J connectivity index is 1.70. The van der Waals surface area contributed by atoms with E-state index in [1.807, 2.05) is 6.07 Å². The van der Waals surface area contributed by atoms with E-state index < -0.39 is 0 Å². The van der Waals surface area contributed by atoms with Crippen molar-refractivity contribution in [2.24, 2.45) is 0 Å². The largest absolute Gasteiger partial charge is 0.348 e. The molecule has 0 bridgehead atoms. The van der Waals surface area contributed by atoms with Crippen LogP contribution in [0.25, 0.3) is 0 Å². The van der Waals surface area contributed by atoms with Gasteiger partial charge < -0.3 is 10.6 Å². The second-order valence-corrected chi connectivity index (χ2v) is 5.78. The summed E-state index contributed by atoms with van der Waals surface area (Å²) >= 11 is 12.0. The fourth-order valence-corrected chi connectivity index (χ4v) is 2.80. The van der Waals surface area contributed by atoms with Gasteiger partial charge in [0, 0.05) is 19.6 Å². The number of fused-ring (bicyclic) bond motifs is 1. The average Bonchev–Trinajstić information content (AvgIpc) is 2.95. The van der Waals surface area contributed by atoms with Crippen LogP contribution in [0.2, 0.25) is 10.0 Å². The van der Waals surface area contributed by atoms with Crippen LogP contribution in [-0.2, 0) is 19.6 Å². The summed E-state index contributed by atoms with van der Waals surface area (Å²) in [6.45, 7) is 2.27. The number of halogens is 2. The molecule has 3 nitrogen and oxygen atoms in total. The average molecular weight is 321 g/mol. The van der Waals surface area contributed by atoms with Gasteiger partial charge in [0.05, 0.1) is 15.6 Å². The maximum atomic E-state index is 12.2. The molecule has 5 heteroatoms. The highest BCUT2D eigenvalue weighted by Gasteiger charge is 2.13. The first-order valence-electron chi connectivity index (χ1n) is 6.69. The summed E-state index contributed by atoms with van der Waals surface area (Å²) in [5, 5.41) is 6.84. The molecular weight excluding hydrogens is 307 g/mol. The highest BCUT2D eigenvalue weighted by Crippen LogP contribution is 2.25. The summed E-state index contributed by atoms with van der Waals surface area (Å²) in [5.41, 5.74) is 4.08. The zero-order valence-electron chi connectivity index (χ0n) is 11.2. The second kappa shape index (κ2) is 6.06. The van der Waals surface area contributed by atoms with Crippen molar-refractivity contribution in [3.05, 3.63) is 68.7 Å². The van der Waals surface area contributed by atoms with Crippen LogP contribution in [0.3, 0.4) is 0 Å². The number of benzene rings is 2. The molecular formula is C16H14Cl2N2O. The lowest BCUT2D eigenvalue weighted by Gasteiger charge is -2.09. The molecule has 1 heterocycles. The molecule has 0 spiro atoms. The standard InChI is InChI=1S/C16H14Cl2N2O/c17-14-3-1-2-13(15(14)18)16(21)20-7-10-4-5-11-8-19-9-12(11)6-10/h1-6,19H,7-9H2,(H,20,21). The number of nitrogens with one attached hydrogen (secondary N) is 2. The van der Waals surface area contributed by atoms with Crippen LogP contribution in [0.1, 0.15) is 27.0 Å². The molecule has 0 aliphatic carbocycles. The molecule has 1 aliphatic rings. The van der Waals surface area contributed by atoms with Crippen molar-refractivity contribution in [1.29, 1.82) is 0 Å². The number of hydrogen-bond donors (Lipinski definition) is 2. The monoisotopic (exact) mass is 320 g/mol. The van der Waals surface area contributed by atoms with Gasteiger partial charge in [-0.15, -0.1) is 0 Å². The van der Waals surface area contributed by atoms with Crippen LogP contribution < -0.4 is 10.6 Å². The molecule has 1 amide bonds. The van der Waals surface area contributed by atoms with Crippen molar-refractivity contribution in [1.82, 2.24) is 10.6 Å². The Hall–Kier alpha value is -1.55. The zero-order chi connectivity index (χ0) is 14.8. The highest BCUT2D eigenvalue weighted by molar-refractivity contribution is 6.43. The van der Waals surface area contributed by atoms with Crippen molar-refractivity contribution >= 4 is 29.1 Å². The van der Waals surface area contributed by atoms with E-state index in [4.69, 9.17) is 23.2 Å². The topological polar surface area (TPSA) is 41.1 Å². The van der Waals surface area contributed by atoms with Gasteiger partial charge >= 0.3 is 0 Å². The predicted octanol–water partition coefficient (Wildman–Crippen LogP) is 3.53. The molecule has 0 aromatic heterocycles. The van der Waals surface area contributed by atoms with E-state index in [-0.39, 0.29) is 10.9 Å². The van der Waals surface area contributed by atoms with Gasteiger partial charge in [0.2, 0.25) is 0 Å². The Kier molecular flexibility index (Phi) is 4.15. The third kappa shape index (κ3) is 3.05. The van der Waals surface area contributed by atoms with E-state index in [2.05, 4.69) is 22.8 Å². The van der Waals surface area contributed by atoms with Gasteiger partial charge in [-0.1, -0.05) is 47.5 Å². The number of carbonyl (C=O) groups excluding carboxylic acids is 1. The van der Waals surface area contributed by atoms with Gasteiger partial charge in [0.1, 0.15) is 0 Å². The van der Waals surface area contributed by atoms with Crippen molar-refractivity contribution in [2.75, 3.05) is 0 Å². The van der Waals surface area contributed by atoms with Crippen molar-refractivity contribution < 1.29 is 4.79 Å². The Bertz CT molecular complexity index is 701. The number of carbonyl (C=O) groups is 1. The molecule has 0 fully saturated rings. The number of hydrogen-bond acceptors (Lipinski definition) is 2. The lowest BCUT2D eigenvalue weighted by atomic mass is 10.1. The molecule has 2 aromatic carbocycles. The molecule has 0 unspecified atom stereocenters. The summed E-state index contributed by atoms with van der Waals surface area (Å²) in [6, 6.07) is 11.3. The summed E-state index contributed by atoms with van der Waals surface area (Å²) in [4.78, 5) is 12.2. The Labute approximate surface area is 133 Å². The summed E-state index contributed by atoms with van der Waals surface area (Å²) in [6.07, 6.45) is 0. The molecule has 0 saturated carbocycles. The number of rotatable bonds is 3. The molecule has 1 aliphatic heterocycles. The SMILES string of the molecule is O=C(NCc1ccc2c(c1)CNC2)c1cccc(Cl)c1Cl. The summed E-state index contributed by atoms with van der Waals surface area (Å²) in [7, 11) is 0. The van der Waals surface area contributed by atoms with E-state index in [0.29, 0.717) is 17.1 Å². The second-order valence-electron chi connectivity index (χ2n) is 4.99. The quantitative estimate of drug-likeness (QED) is 0.908. The van der Waals surface area contributed by atoms with Crippen molar-refractivity contribution in [3.8, 4) is 0 Å². The zero-order valence-corrected chi connectivity index (χ0v) is 12.8. The van der Waals surface area contributed by atoms with E-state index >= 15 is 0 Å². The maximum Gasteiger partial charge on any atom is 0.253 e. The van der Waals surface area contributed by atoms with Crippen LogP contribution >= 0.6 is 23.2 Å². The molecule has 3 rings (SSSR count). The molecule has 2 aromatic rings. The van der Waals surface area contributed by atoms with Gasteiger partial charge in [-0.3, -0.25) is 4.79 Å². The third-order valence-corrected chi connectivity index (χ3v) is 4.37.